The predicted octanol–water partition coefficient (Wildman–Crippen LogP) is 2.10. The van der Waals surface area contributed by atoms with E-state index in [0.29, 0.717) is 23.8 Å². The summed E-state index contributed by atoms with van der Waals surface area (Å²) in [7, 11) is 1.86. The highest BCUT2D eigenvalue weighted by atomic mass is 35.5. The zero-order valence-corrected chi connectivity index (χ0v) is 15.7. The molecule has 1 unspecified atom stereocenters. The van der Waals surface area contributed by atoms with Crippen LogP contribution in [-0.4, -0.2) is 43.4 Å². The van der Waals surface area contributed by atoms with Crippen LogP contribution in [0.2, 0.25) is 5.02 Å². The lowest BCUT2D eigenvalue weighted by Gasteiger charge is -2.27. The monoisotopic (exact) mass is 364 g/mol. The summed E-state index contributed by atoms with van der Waals surface area (Å²) in [5, 5.41) is 3.45. The van der Waals surface area contributed by atoms with E-state index in [2.05, 4.69) is 11.4 Å². The molecule has 0 spiro atoms. The van der Waals surface area contributed by atoms with Crippen LogP contribution in [0.4, 0.5) is 5.69 Å². The van der Waals surface area contributed by atoms with Crippen LogP contribution in [0.5, 0.6) is 0 Å². The number of allylic oxidation sites excluding steroid dienone is 2. The van der Waals surface area contributed by atoms with E-state index in [0.717, 1.165) is 29.9 Å². The Bertz CT molecular complexity index is 628. The van der Waals surface area contributed by atoms with E-state index in [1.54, 1.807) is 24.3 Å². The minimum atomic E-state index is -0.118. The average molecular weight is 365 g/mol. The molecule has 0 aromatic heterocycles. The summed E-state index contributed by atoms with van der Waals surface area (Å²) >= 11 is 5.83. The number of benzene rings is 1. The summed E-state index contributed by atoms with van der Waals surface area (Å²) in [6.07, 6.45) is 6.53. The van der Waals surface area contributed by atoms with Crippen LogP contribution >= 0.6 is 11.6 Å². The lowest BCUT2D eigenvalue weighted by atomic mass is 10.0. The summed E-state index contributed by atoms with van der Waals surface area (Å²) in [5.74, 6) is -0.0417. The number of carbonyl (C=O) groups is 2. The van der Waals surface area contributed by atoms with Crippen molar-refractivity contribution in [2.45, 2.75) is 32.6 Å². The molecule has 1 aliphatic carbocycles. The molecule has 25 heavy (non-hydrogen) atoms. The van der Waals surface area contributed by atoms with Gasteiger partial charge in [0, 0.05) is 23.0 Å². The number of rotatable bonds is 7. The van der Waals surface area contributed by atoms with Crippen molar-refractivity contribution in [2.75, 3.05) is 32.0 Å². The van der Waals surface area contributed by atoms with Gasteiger partial charge in [-0.1, -0.05) is 17.7 Å². The van der Waals surface area contributed by atoms with Crippen molar-refractivity contribution >= 4 is 29.1 Å². The maximum absolute atomic E-state index is 12.6. The molecule has 1 aliphatic rings. The van der Waals surface area contributed by atoms with Gasteiger partial charge in [-0.3, -0.25) is 9.59 Å². The number of halogens is 1. The quantitative estimate of drug-likeness (QED) is 0.778. The van der Waals surface area contributed by atoms with Gasteiger partial charge in [0.2, 0.25) is 0 Å². The molecule has 1 atom stereocenters. The summed E-state index contributed by atoms with van der Waals surface area (Å²) in [4.78, 5) is 27.4. The van der Waals surface area contributed by atoms with Gasteiger partial charge in [-0.25, -0.2) is 0 Å². The van der Waals surface area contributed by atoms with E-state index in [9.17, 15) is 9.59 Å². The highest BCUT2D eigenvalue weighted by molar-refractivity contribution is 6.30. The molecule has 1 aromatic carbocycles. The first-order chi connectivity index (χ1) is 12.0. The number of nitrogens with zero attached hydrogens (tertiary/aromatic N) is 1. The highest BCUT2D eigenvalue weighted by Gasteiger charge is 2.22. The Labute approximate surface area is 154 Å². The molecule has 0 aliphatic heterocycles. The summed E-state index contributed by atoms with van der Waals surface area (Å²) in [5.41, 5.74) is 1.84. The van der Waals surface area contributed by atoms with Gasteiger partial charge in [0.05, 0.1) is 7.05 Å². The molecule has 0 saturated heterocycles. The smallest absolute Gasteiger partial charge is 0.281 e. The first-order valence-corrected chi connectivity index (χ1v) is 9.23. The molecule has 5 nitrogen and oxygen atoms in total. The van der Waals surface area contributed by atoms with Gasteiger partial charge >= 0.3 is 0 Å². The molecule has 0 bridgehead atoms. The SMILES string of the molecule is CCN(C(=O)C[NH+](C)CC(=O)Nc1ccc(Cl)cc1)C1=CCCCC1. The molecule has 1 aromatic rings. The van der Waals surface area contributed by atoms with Gasteiger partial charge in [-0.05, 0) is 56.9 Å². The number of carbonyl (C=O) groups excluding carboxylic acids is 2. The maximum Gasteiger partial charge on any atom is 0.281 e. The van der Waals surface area contributed by atoms with E-state index < -0.39 is 0 Å². The van der Waals surface area contributed by atoms with Crippen LogP contribution < -0.4 is 10.2 Å². The Morgan fingerprint density at radius 3 is 2.52 bits per heavy atom. The third-order valence-electron chi connectivity index (χ3n) is 4.27. The summed E-state index contributed by atoms with van der Waals surface area (Å²) < 4.78 is 0. The Balaban J connectivity index is 1.84. The van der Waals surface area contributed by atoms with Crippen LogP contribution in [0.1, 0.15) is 32.6 Å². The average Bonchev–Trinajstić information content (AvgIpc) is 2.58. The second kappa shape index (κ2) is 9.59. The van der Waals surface area contributed by atoms with Crippen LogP contribution in [0, 0.1) is 0 Å². The van der Waals surface area contributed by atoms with E-state index in [4.69, 9.17) is 11.6 Å². The molecule has 136 valence electrons. The van der Waals surface area contributed by atoms with Gasteiger partial charge in [0.15, 0.2) is 13.1 Å². The molecule has 2 N–H and O–H groups in total. The van der Waals surface area contributed by atoms with Crippen molar-refractivity contribution in [3.05, 3.63) is 41.1 Å². The molecular formula is C19H27ClN3O2+. The number of anilines is 1. The topological polar surface area (TPSA) is 53.9 Å². The second-order valence-electron chi connectivity index (χ2n) is 6.44. The Hall–Kier alpha value is -1.85. The van der Waals surface area contributed by atoms with Crippen molar-refractivity contribution < 1.29 is 14.5 Å². The van der Waals surface area contributed by atoms with Gasteiger partial charge in [-0.2, -0.15) is 0 Å². The van der Waals surface area contributed by atoms with Crippen molar-refractivity contribution in [3.63, 3.8) is 0 Å². The third-order valence-corrected chi connectivity index (χ3v) is 4.53. The Morgan fingerprint density at radius 1 is 1.20 bits per heavy atom. The molecule has 0 saturated carbocycles. The largest absolute Gasteiger partial charge is 0.322 e. The van der Waals surface area contributed by atoms with Crippen LogP contribution in [0.15, 0.2) is 36.0 Å². The van der Waals surface area contributed by atoms with Gasteiger partial charge in [-0.15, -0.1) is 0 Å². The molecule has 0 radical (unpaired) electrons. The van der Waals surface area contributed by atoms with E-state index in [1.807, 2.05) is 18.9 Å². The zero-order valence-electron chi connectivity index (χ0n) is 15.0. The molecule has 2 rings (SSSR count). The Kier molecular flexibility index (Phi) is 7.47. The number of amides is 2. The van der Waals surface area contributed by atoms with Crippen molar-refractivity contribution in [3.8, 4) is 0 Å². The van der Waals surface area contributed by atoms with Gasteiger partial charge < -0.3 is 15.1 Å². The minimum Gasteiger partial charge on any atom is -0.322 e. The molecular weight excluding hydrogens is 338 g/mol. The second-order valence-corrected chi connectivity index (χ2v) is 6.88. The van der Waals surface area contributed by atoms with Crippen molar-refractivity contribution in [1.29, 1.82) is 0 Å². The predicted molar refractivity (Wildman–Crippen MR) is 101 cm³/mol. The zero-order chi connectivity index (χ0) is 18.2. The number of quaternary nitrogens is 1. The first kappa shape index (κ1) is 19.5. The lowest BCUT2D eigenvalue weighted by molar-refractivity contribution is -0.862. The van der Waals surface area contributed by atoms with Crippen molar-refractivity contribution in [1.82, 2.24) is 4.90 Å². The van der Waals surface area contributed by atoms with Crippen molar-refractivity contribution in [2.24, 2.45) is 0 Å². The van der Waals surface area contributed by atoms with Crippen LogP contribution in [-0.2, 0) is 9.59 Å². The molecule has 0 heterocycles. The summed E-state index contributed by atoms with van der Waals surface area (Å²) in [6.45, 7) is 3.22. The van der Waals surface area contributed by atoms with E-state index in [1.165, 1.54) is 6.42 Å². The number of hydrogen-bond donors (Lipinski definition) is 2. The minimum absolute atomic E-state index is 0.0763. The number of nitrogens with one attached hydrogen (secondary N) is 2. The molecule has 2 amide bonds. The third kappa shape index (κ3) is 6.18. The first-order valence-electron chi connectivity index (χ1n) is 8.85. The molecule has 6 heteroatoms. The van der Waals surface area contributed by atoms with E-state index >= 15 is 0 Å². The standard InChI is InChI=1S/C19H26ClN3O2/c1-3-23(17-7-5-4-6-8-17)19(25)14-22(2)13-18(24)21-16-11-9-15(20)10-12-16/h7,9-12H,3-6,8,13-14H2,1-2H3,(H,21,24)/p+1. The van der Waals surface area contributed by atoms with E-state index in [-0.39, 0.29) is 18.4 Å². The maximum atomic E-state index is 12.6. The van der Waals surface area contributed by atoms with Gasteiger partial charge in [0.25, 0.3) is 11.8 Å². The Morgan fingerprint density at radius 2 is 1.92 bits per heavy atom. The highest BCUT2D eigenvalue weighted by Crippen LogP contribution is 2.20. The molecule has 0 fully saturated rings. The summed E-state index contributed by atoms with van der Waals surface area (Å²) in [6, 6.07) is 6.98. The number of likely N-dealkylation sites (N-methyl/N-ethyl adjacent to an activating group) is 2. The number of hydrogen-bond acceptors (Lipinski definition) is 2. The van der Waals surface area contributed by atoms with Crippen LogP contribution in [0.25, 0.3) is 0 Å². The fourth-order valence-corrected chi connectivity index (χ4v) is 3.16. The fourth-order valence-electron chi connectivity index (χ4n) is 3.03. The van der Waals surface area contributed by atoms with Gasteiger partial charge in [0.1, 0.15) is 0 Å². The fraction of sp³-hybridized carbons (Fsp3) is 0.474. The normalized spacial score (nSPS) is 15.2. The lowest BCUT2D eigenvalue weighted by Crippen LogP contribution is -3.11. The van der Waals surface area contributed by atoms with Crippen LogP contribution in [0.3, 0.4) is 0 Å².